The Kier molecular flexibility index (Phi) is 5.34. The smallest absolute Gasteiger partial charge is 0.263 e. The molecule has 0 amide bonds. The molecule has 3 aromatic carbocycles. The Bertz CT molecular complexity index is 1220. The van der Waals surface area contributed by atoms with Crippen LogP contribution >= 0.6 is 19.0 Å². The number of hydrogen-bond acceptors (Lipinski definition) is 4. The lowest BCUT2D eigenvalue weighted by atomic mass is 10.1. The Balaban J connectivity index is 1.97. The van der Waals surface area contributed by atoms with E-state index in [-0.39, 0.29) is 5.69 Å². The highest BCUT2D eigenvalue weighted by atomic mass is 35.5. The van der Waals surface area contributed by atoms with Crippen LogP contribution < -0.4 is 16.3 Å². The number of halogens is 1. The predicted octanol–water partition coefficient (Wildman–Crippen LogP) is 4.31. The number of aliphatic hydroxyl groups excluding tert-OH is 1. The zero-order valence-corrected chi connectivity index (χ0v) is 17.3. The summed E-state index contributed by atoms with van der Waals surface area (Å²) in [6.45, 7) is 0. The largest absolute Gasteiger partial charge is 0.373 e. The van der Waals surface area contributed by atoms with Crippen LogP contribution in [-0.4, -0.2) is 17.2 Å². The predicted molar refractivity (Wildman–Crippen MR) is 118 cm³/mol. The number of rotatable bonds is 5. The molecular formula is C22H20ClN2O3P. The first kappa shape index (κ1) is 19.9. The molecule has 4 N–H and O–H groups in total. The minimum Gasteiger partial charge on any atom is -0.373 e. The van der Waals surface area contributed by atoms with Crippen LogP contribution in [-0.2, 0) is 9.09 Å². The molecule has 5 nitrogen and oxygen atoms in total. The van der Waals surface area contributed by atoms with Gasteiger partial charge in [-0.2, -0.15) is 0 Å². The molecule has 1 aromatic heterocycles. The van der Waals surface area contributed by atoms with Crippen molar-refractivity contribution >= 4 is 40.5 Å². The van der Waals surface area contributed by atoms with Crippen molar-refractivity contribution in [2.75, 3.05) is 7.11 Å². The van der Waals surface area contributed by atoms with Gasteiger partial charge in [0, 0.05) is 28.3 Å². The zero-order valence-electron chi connectivity index (χ0n) is 15.7. The lowest BCUT2D eigenvalue weighted by molar-refractivity contribution is 0.183. The molecule has 2 unspecified atom stereocenters. The van der Waals surface area contributed by atoms with Gasteiger partial charge in [0.05, 0.1) is 11.0 Å². The second-order valence-electron chi connectivity index (χ2n) is 6.67. The molecule has 0 aliphatic carbocycles. The fourth-order valence-corrected chi connectivity index (χ4v) is 5.95. The second kappa shape index (κ2) is 7.79. The van der Waals surface area contributed by atoms with Crippen molar-refractivity contribution in [3.05, 3.63) is 83.5 Å². The summed E-state index contributed by atoms with van der Waals surface area (Å²) in [4.78, 5) is 3.06. The fourth-order valence-electron chi connectivity index (χ4n) is 3.53. The van der Waals surface area contributed by atoms with Crippen molar-refractivity contribution in [2.45, 2.75) is 6.23 Å². The third-order valence-corrected chi connectivity index (χ3v) is 7.68. The quantitative estimate of drug-likeness (QED) is 0.327. The second-order valence-corrected chi connectivity index (χ2v) is 9.54. The molecule has 4 aromatic rings. The van der Waals surface area contributed by atoms with Crippen molar-refractivity contribution in [2.24, 2.45) is 5.73 Å². The van der Waals surface area contributed by atoms with Crippen molar-refractivity contribution < 1.29 is 14.2 Å². The monoisotopic (exact) mass is 426 g/mol. The number of H-pyrrole nitrogens is 1. The van der Waals surface area contributed by atoms with Gasteiger partial charge in [-0.05, 0) is 41.5 Å². The summed E-state index contributed by atoms with van der Waals surface area (Å²) in [5.41, 5.74) is 8.60. The summed E-state index contributed by atoms with van der Waals surface area (Å²) < 4.78 is 19.9. The van der Waals surface area contributed by atoms with Crippen LogP contribution in [0.25, 0.3) is 22.0 Å². The van der Waals surface area contributed by atoms with Crippen molar-refractivity contribution in [3.8, 4) is 11.1 Å². The van der Waals surface area contributed by atoms with Gasteiger partial charge in [-0.1, -0.05) is 54.1 Å². The van der Waals surface area contributed by atoms with Crippen molar-refractivity contribution in [1.29, 1.82) is 0 Å². The van der Waals surface area contributed by atoms with Gasteiger partial charge in [0.2, 0.25) is 0 Å². The summed E-state index contributed by atoms with van der Waals surface area (Å²) in [5.74, 6) is 0. The highest BCUT2D eigenvalue weighted by Gasteiger charge is 2.35. The number of aromatic amines is 1. The minimum absolute atomic E-state index is 0.248. The fraction of sp³-hybridized carbons (Fsp3) is 0.0909. The van der Waals surface area contributed by atoms with Crippen LogP contribution in [0, 0.1) is 0 Å². The first-order valence-electron chi connectivity index (χ1n) is 9.01. The number of aromatic nitrogens is 1. The van der Waals surface area contributed by atoms with E-state index in [2.05, 4.69) is 4.98 Å². The number of aliphatic hydroxyl groups is 1. The highest BCUT2D eigenvalue weighted by Crippen LogP contribution is 2.48. The molecule has 0 saturated carbocycles. The van der Waals surface area contributed by atoms with Gasteiger partial charge < -0.3 is 20.3 Å². The molecule has 7 heteroatoms. The molecule has 0 spiro atoms. The van der Waals surface area contributed by atoms with Crippen LogP contribution in [0.4, 0.5) is 0 Å². The Hall–Kier alpha value is -2.40. The van der Waals surface area contributed by atoms with Gasteiger partial charge in [-0.3, -0.25) is 4.57 Å². The molecular weight excluding hydrogens is 407 g/mol. The van der Waals surface area contributed by atoms with E-state index in [4.69, 9.17) is 21.9 Å². The van der Waals surface area contributed by atoms with E-state index < -0.39 is 13.6 Å². The van der Waals surface area contributed by atoms with E-state index in [9.17, 15) is 9.67 Å². The molecule has 0 radical (unpaired) electrons. The van der Waals surface area contributed by atoms with Crippen LogP contribution in [0.1, 0.15) is 11.9 Å². The lowest BCUT2D eigenvalue weighted by Crippen LogP contribution is -2.24. The third-order valence-electron chi connectivity index (χ3n) is 4.90. The van der Waals surface area contributed by atoms with E-state index in [0.29, 0.717) is 26.5 Å². The summed E-state index contributed by atoms with van der Waals surface area (Å²) in [7, 11) is -2.20. The van der Waals surface area contributed by atoms with Gasteiger partial charge in [-0.15, -0.1) is 0 Å². The lowest BCUT2D eigenvalue weighted by Gasteiger charge is -2.20. The van der Waals surface area contributed by atoms with E-state index in [0.717, 1.165) is 11.1 Å². The molecule has 0 fully saturated rings. The summed E-state index contributed by atoms with van der Waals surface area (Å²) in [5, 5.41) is 12.1. The molecule has 0 aliphatic rings. The molecule has 29 heavy (non-hydrogen) atoms. The molecule has 148 valence electrons. The molecule has 0 saturated heterocycles. The Morgan fingerprint density at radius 1 is 1.03 bits per heavy atom. The van der Waals surface area contributed by atoms with Crippen LogP contribution in [0.2, 0.25) is 5.02 Å². The summed E-state index contributed by atoms with van der Waals surface area (Å²) in [6.07, 6.45) is -1.35. The van der Waals surface area contributed by atoms with Gasteiger partial charge in [0.1, 0.15) is 6.23 Å². The van der Waals surface area contributed by atoms with Gasteiger partial charge >= 0.3 is 0 Å². The third kappa shape index (κ3) is 3.52. The number of fused-ring (bicyclic) bond motifs is 1. The Morgan fingerprint density at radius 2 is 1.76 bits per heavy atom. The maximum absolute atomic E-state index is 14.2. The average Bonchev–Trinajstić information content (AvgIpc) is 3.13. The topological polar surface area (TPSA) is 88.3 Å². The molecule has 1 heterocycles. The summed E-state index contributed by atoms with van der Waals surface area (Å²) >= 11 is 6.19. The number of hydrogen-bond donors (Lipinski definition) is 3. The zero-order chi connectivity index (χ0) is 20.6. The molecule has 4 rings (SSSR count). The normalized spacial score (nSPS) is 14.6. The molecule has 0 aliphatic heterocycles. The van der Waals surface area contributed by atoms with E-state index in [1.165, 1.54) is 7.11 Å². The average molecular weight is 427 g/mol. The molecule has 0 bridgehead atoms. The van der Waals surface area contributed by atoms with Crippen molar-refractivity contribution in [1.82, 2.24) is 4.98 Å². The van der Waals surface area contributed by atoms with E-state index >= 15 is 0 Å². The highest BCUT2D eigenvalue weighted by molar-refractivity contribution is 7.75. The maximum atomic E-state index is 14.2. The van der Waals surface area contributed by atoms with Crippen LogP contribution in [0.3, 0.4) is 0 Å². The first-order valence-corrected chi connectivity index (χ1v) is 11.0. The van der Waals surface area contributed by atoms with Gasteiger partial charge in [0.15, 0.2) is 0 Å². The number of nitrogens with two attached hydrogens (primary N) is 1. The number of nitrogens with one attached hydrogen (secondary N) is 1. The van der Waals surface area contributed by atoms with Crippen LogP contribution in [0.5, 0.6) is 0 Å². The first-order chi connectivity index (χ1) is 13.9. The number of benzene rings is 3. The Morgan fingerprint density at radius 3 is 2.45 bits per heavy atom. The van der Waals surface area contributed by atoms with E-state index in [1.54, 1.807) is 24.3 Å². The van der Waals surface area contributed by atoms with Crippen LogP contribution in [0.15, 0.2) is 72.8 Å². The minimum atomic E-state index is -3.59. The standard InChI is InChI=1S/C22H20ClN2O3P/c1-28-29(27,17-9-5-8-15(12-17)14-6-3-2-4-7-14)21-18-13-16(23)10-11-19(18)25-20(21)22(24)26/h2-13,22,25-26H,24H2,1H3. The maximum Gasteiger partial charge on any atom is 0.263 e. The SMILES string of the molecule is COP(=O)(c1cccc(-c2ccccc2)c1)c1c(C(N)O)[nH]c2ccc(Cl)cc12. The van der Waals surface area contributed by atoms with Gasteiger partial charge in [-0.25, -0.2) is 0 Å². The summed E-state index contributed by atoms with van der Waals surface area (Å²) in [6, 6.07) is 22.4. The van der Waals surface area contributed by atoms with Gasteiger partial charge in [0.25, 0.3) is 7.37 Å². The van der Waals surface area contributed by atoms with E-state index in [1.807, 2.05) is 48.5 Å². The molecule has 2 atom stereocenters. The van der Waals surface area contributed by atoms with Crippen molar-refractivity contribution in [3.63, 3.8) is 0 Å². The Labute approximate surface area is 173 Å².